The van der Waals surface area contributed by atoms with E-state index < -0.39 is 25.7 Å². The minimum atomic E-state index is -5.13. The molecule has 0 heterocycles. The molecule has 8 heteroatoms. The second kappa shape index (κ2) is 25.9. The van der Waals surface area contributed by atoms with E-state index >= 15 is 0 Å². The van der Waals surface area contributed by atoms with E-state index in [1.165, 1.54) is 52.7 Å². The third kappa shape index (κ3) is 19.4. The molecule has 0 spiro atoms. The molecule has 0 aromatic heterocycles. The van der Waals surface area contributed by atoms with Crippen LogP contribution in [-0.2, 0) is 32.5 Å². The molecule has 3 aliphatic rings. The number of rotatable bonds is 18. The van der Waals surface area contributed by atoms with Gasteiger partial charge < -0.3 is 13.6 Å². The number of phosphoric acid groups is 1. The number of carbonyl (C=O) groups is 3. The maximum absolute atomic E-state index is 14.0. The minimum Gasteiger partial charge on any atom is -0.348 e. The second-order valence-electron chi connectivity index (χ2n) is 20.9. The van der Waals surface area contributed by atoms with Crippen LogP contribution in [0.25, 0.3) is 0 Å². The second-order valence-corrected chi connectivity index (χ2v) is 22.4. The van der Waals surface area contributed by atoms with Crippen molar-refractivity contribution >= 4 is 25.7 Å². The van der Waals surface area contributed by atoms with Crippen molar-refractivity contribution in [3.63, 3.8) is 0 Å². The topological polar surface area (TPSA) is 96.0 Å². The smallest absolute Gasteiger partial charge is 0.348 e. The maximum atomic E-state index is 14.0. The quantitative estimate of drug-likeness (QED) is 0.0767. The average molecular weight is 945 g/mol. The Morgan fingerprint density at radius 3 is 0.912 bits per heavy atom. The van der Waals surface area contributed by atoms with Crippen LogP contribution in [0.3, 0.4) is 0 Å². The Kier molecular flexibility index (Phi) is 21.8. The van der Waals surface area contributed by atoms with Crippen LogP contribution in [0, 0.1) is 16.2 Å². The lowest BCUT2D eigenvalue weighted by molar-refractivity contribution is -0.138. The largest absolute Gasteiger partial charge is 0.654 e. The molecular formula is C60H81O7P. The summed E-state index contributed by atoms with van der Waals surface area (Å²) in [6.45, 7) is 31.3. The van der Waals surface area contributed by atoms with E-state index in [4.69, 9.17) is 13.6 Å². The van der Waals surface area contributed by atoms with Gasteiger partial charge in [-0.15, -0.1) is 0 Å². The van der Waals surface area contributed by atoms with Gasteiger partial charge in [0.15, 0.2) is 0 Å². The summed E-state index contributed by atoms with van der Waals surface area (Å²) in [5, 5.41) is 0. The van der Waals surface area contributed by atoms with E-state index in [9.17, 15) is 18.9 Å². The molecule has 3 rings (SSSR count). The molecule has 368 valence electrons. The lowest BCUT2D eigenvalue weighted by atomic mass is 9.72. The number of allylic oxidation sites excluding steroid dienone is 27. The number of carbonyl (C=O) groups excluding carboxylic acids is 3. The van der Waals surface area contributed by atoms with Crippen LogP contribution in [-0.4, -0.2) is 17.9 Å². The van der Waals surface area contributed by atoms with Crippen molar-refractivity contribution in [2.75, 3.05) is 0 Å². The molecule has 0 bridgehead atoms. The predicted octanol–water partition coefficient (Wildman–Crippen LogP) is 17.3. The van der Waals surface area contributed by atoms with Gasteiger partial charge in [0.2, 0.25) is 0 Å². The summed E-state index contributed by atoms with van der Waals surface area (Å²) in [4.78, 5) is 39.5. The van der Waals surface area contributed by atoms with Gasteiger partial charge in [-0.2, -0.15) is 4.57 Å². The zero-order valence-electron chi connectivity index (χ0n) is 44.1. The maximum Gasteiger partial charge on any atom is 0.654 e. The van der Waals surface area contributed by atoms with Gasteiger partial charge in [0.05, 0.1) is 0 Å². The summed E-state index contributed by atoms with van der Waals surface area (Å²) in [7, 11) is -5.13. The number of hydrogen-bond acceptors (Lipinski definition) is 7. The van der Waals surface area contributed by atoms with E-state index in [2.05, 4.69) is 98.8 Å². The summed E-state index contributed by atoms with van der Waals surface area (Å²) >= 11 is 0. The van der Waals surface area contributed by atoms with Crippen molar-refractivity contribution in [2.45, 2.75) is 162 Å². The van der Waals surface area contributed by atoms with Gasteiger partial charge in [-0.25, -0.2) is 14.4 Å². The third-order valence-corrected chi connectivity index (χ3v) is 14.2. The molecular weight excluding hydrogens is 864 g/mol. The highest BCUT2D eigenvalue weighted by atomic mass is 31.2. The van der Waals surface area contributed by atoms with Gasteiger partial charge in [-0.1, -0.05) is 166 Å². The first-order chi connectivity index (χ1) is 31.7. The van der Waals surface area contributed by atoms with Gasteiger partial charge in [0.1, 0.15) is 0 Å². The highest BCUT2D eigenvalue weighted by molar-refractivity contribution is 7.50. The van der Waals surface area contributed by atoms with Gasteiger partial charge in [-0.3, -0.25) is 0 Å². The Labute approximate surface area is 410 Å². The molecule has 0 N–H and O–H groups in total. The zero-order valence-corrected chi connectivity index (χ0v) is 45.0. The molecule has 0 aliphatic heterocycles. The van der Waals surface area contributed by atoms with Crippen molar-refractivity contribution in [3.05, 3.63) is 176 Å². The van der Waals surface area contributed by atoms with E-state index in [0.717, 1.165) is 73.5 Å². The van der Waals surface area contributed by atoms with Crippen molar-refractivity contribution in [3.8, 4) is 0 Å². The van der Waals surface area contributed by atoms with E-state index in [0.29, 0.717) is 16.7 Å². The summed E-state index contributed by atoms with van der Waals surface area (Å²) in [6.07, 6.45) is 42.7. The Bertz CT molecular complexity index is 2160. The normalized spacial score (nSPS) is 20.6. The lowest BCUT2D eigenvalue weighted by Crippen LogP contribution is -2.19. The molecule has 0 radical (unpaired) electrons. The molecule has 0 unspecified atom stereocenters. The van der Waals surface area contributed by atoms with Gasteiger partial charge >= 0.3 is 25.7 Å². The molecule has 0 saturated carbocycles. The fraction of sp³-hybridized carbons (Fsp3) is 0.450. The molecule has 3 aliphatic carbocycles. The SMILES string of the molecule is CC1=C(/C=C/C(C)=C/C=C/C(C)=C/C(=O)OP(=O)(OC(=O)/C=C(C)/C=C/C=C(C)/C=C/C2=C(C)CCCC2(C)C)OC(=O)/C=C(C)/C=C/C=C(C)/C=C/C2=C(C)CCCC2(C)C)C(C)(C)CCC1. The minimum absolute atomic E-state index is 0.130. The lowest BCUT2D eigenvalue weighted by Gasteiger charge is -2.33. The van der Waals surface area contributed by atoms with Crippen LogP contribution in [0.15, 0.2) is 176 Å². The van der Waals surface area contributed by atoms with Crippen LogP contribution < -0.4 is 0 Å². The number of hydrogen-bond donors (Lipinski definition) is 0. The monoisotopic (exact) mass is 945 g/mol. The first-order valence-corrected chi connectivity index (χ1v) is 25.7. The van der Waals surface area contributed by atoms with Gasteiger partial charge in [0, 0.05) is 18.2 Å². The first kappa shape index (κ1) is 57.1. The Hall–Kier alpha value is -5.26. The fourth-order valence-electron chi connectivity index (χ4n) is 9.06. The average Bonchev–Trinajstić information content (AvgIpc) is 3.19. The van der Waals surface area contributed by atoms with Crippen LogP contribution in [0.4, 0.5) is 0 Å². The van der Waals surface area contributed by atoms with E-state index in [1.54, 1.807) is 57.2 Å². The highest BCUT2D eigenvalue weighted by Crippen LogP contribution is 2.50. The van der Waals surface area contributed by atoms with Crippen molar-refractivity contribution in [1.29, 1.82) is 0 Å². The molecule has 0 atom stereocenters. The Morgan fingerprint density at radius 2 is 0.676 bits per heavy atom. The molecule has 0 saturated heterocycles. The van der Waals surface area contributed by atoms with Crippen molar-refractivity contribution in [2.24, 2.45) is 16.2 Å². The highest BCUT2D eigenvalue weighted by Gasteiger charge is 2.38. The predicted molar refractivity (Wildman–Crippen MR) is 284 cm³/mol. The van der Waals surface area contributed by atoms with Gasteiger partial charge in [-0.05, 0) is 170 Å². The van der Waals surface area contributed by atoms with Crippen LogP contribution >= 0.6 is 7.82 Å². The first-order valence-electron chi connectivity index (χ1n) is 24.3. The summed E-state index contributed by atoms with van der Waals surface area (Å²) in [5.41, 5.74) is 13.2. The van der Waals surface area contributed by atoms with Crippen LogP contribution in [0.2, 0.25) is 0 Å². The molecule has 7 nitrogen and oxygen atoms in total. The van der Waals surface area contributed by atoms with Crippen molar-refractivity contribution in [1.82, 2.24) is 0 Å². The number of phosphoric ester groups is 1. The van der Waals surface area contributed by atoms with E-state index in [-0.39, 0.29) is 16.2 Å². The standard InChI is InChI=1S/C60H81O7P/c1-43(31-34-52-49(7)28-19-37-58(52,10)11)22-16-25-46(4)40-55(61)65-68(64,66-56(62)41-47(5)26-17-23-44(2)32-35-53-50(8)29-20-38-59(53,12)13)67-57(63)42-48(6)27-18-24-45(3)33-36-54-51(9)30-21-39-60(54,14)15/h16-18,22-27,31-36,40-42H,19-21,28-30,37-39H2,1-15H3/b25-16+,26-17+,27-18+,34-31+,35-32+,36-33+,43-22+,44-23+,45-24+,46-40+,47-41+,48-42+. The summed E-state index contributed by atoms with van der Waals surface area (Å²) < 4.78 is 29.4. The Balaban J connectivity index is 1.80. The molecule has 68 heavy (non-hydrogen) atoms. The summed E-state index contributed by atoms with van der Waals surface area (Å²) in [6, 6.07) is 0. The Morgan fingerprint density at radius 1 is 0.426 bits per heavy atom. The third-order valence-electron chi connectivity index (χ3n) is 13.0. The van der Waals surface area contributed by atoms with Crippen LogP contribution in [0.5, 0.6) is 0 Å². The fourth-order valence-corrected chi connectivity index (χ4v) is 10.00. The molecule has 0 amide bonds. The molecule has 0 fully saturated rings. The van der Waals surface area contributed by atoms with Crippen LogP contribution in [0.1, 0.15) is 162 Å². The molecule has 0 aromatic rings. The van der Waals surface area contributed by atoms with Crippen molar-refractivity contribution < 1.29 is 32.5 Å². The molecule has 0 aromatic carbocycles. The van der Waals surface area contributed by atoms with E-state index in [1.807, 2.05) is 39.0 Å². The zero-order chi connectivity index (χ0) is 50.9. The summed E-state index contributed by atoms with van der Waals surface area (Å²) in [5.74, 6) is -3.35. The van der Waals surface area contributed by atoms with Gasteiger partial charge in [0.25, 0.3) is 0 Å².